The maximum Gasteiger partial charge on any atom is 0.0584 e. The van der Waals surface area contributed by atoms with Crippen molar-refractivity contribution in [2.45, 2.75) is 32.2 Å². The number of likely N-dealkylation sites (tertiary alicyclic amines) is 1. The molecule has 3 heteroatoms. The molecule has 0 spiro atoms. The van der Waals surface area contributed by atoms with Crippen LogP contribution in [-0.4, -0.2) is 49.3 Å². The Morgan fingerprint density at radius 3 is 2.57 bits per heavy atom. The quantitative estimate of drug-likeness (QED) is 0.685. The fourth-order valence-corrected chi connectivity index (χ4v) is 1.94. The molecule has 84 valence electrons. The minimum Gasteiger partial charge on any atom is -0.395 e. The van der Waals surface area contributed by atoms with Crippen molar-refractivity contribution in [1.29, 1.82) is 0 Å². The first-order valence-electron chi connectivity index (χ1n) is 5.79. The molecular formula is C11H24N2O. The standard InChI is InChI=1S/C11H24N2O/c1-3-11(9-14)12-8-10-4-6-13(2)7-5-10/h10-12,14H,3-9H2,1-2H3/t11-/m0/s1. The van der Waals surface area contributed by atoms with Crippen molar-refractivity contribution in [2.24, 2.45) is 5.92 Å². The van der Waals surface area contributed by atoms with Gasteiger partial charge >= 0.3 is 0 Å². The average molecular weight is 200 g/mol. The van der Waals surface area contributed by atoms with Crippen molar-refractivity contribution >= 4 is 0 Å². The van der Waals surface area contributed by atoms with Crippen LogP contribution in [0.1, 0.15) is 26.2 Å². The summed E-state index contributed by atoms with van der Waals surface area (Å²) in [6, 6.07) is 0.301. The predicted octanol–water partition coefficient (Wildman–Crippen LogP) is 0.689. The van der Waals surface area contributed by atoms with E-state index in [-0.39, 0.29) is 6.61 Å². The Labute approximate surface area is 87.5 Å². The van der Waals surface area contributed by atoms with E-state index in [1.54, 1.807) is 0 Å². The summed E-state index contributed by atoms with van der Waals surface area (Å²) in [7, 11) is 2.19. The second-order valence-corrected chi connectivity index (χ2v) is 4.44. The van der Waals surface area contributed by atoms with Crippen LogP contribution in [0.15, 0.2) is 0 Å². The summed E-state index contributed by atoms with van der Waals surface area (Å²) in [5, 5.41) is 12.5. The van der Waals surface area contributed by atoms with E-state index in [0.717, 1.165) is 18.9 Å². The van der Waals surface area contributed by atoms with Crippen molar-refractivity contribution in [3.63, 3.8) is 0 Å². The van der Waals surface area contributed by atoms with Crippen LogP contribution in [-0.2, 0) is 0 Å². The SMILES string of the molecule is CC[C@@H](CO)NCC1CCN(C)CC1. The van der Waals surface area contributed by atoms with Gasteiger partial charge in [0.2, 0.25) is 0 Å². The molecule has 0 aromatic rings. The second kappa shape index (κ2) is 6.38. The van der Waals surface area contributed by atoms with Gasteiger partial charge in [0, 0.05) is 6.04 Å². The van der Waals surface area contributed by atoms with E-state index in [0.29, 0.717) is 6.04 Å². The Balaban J connectivity index is 2.12. The first-order chi connectivity index (χ1) is 6.76. The molecule has 1 atom stereocenters. The molecule has 0 bridgehead atoms. The van der Waals surface area contributed by atoms with E-state index < -0.39 is 0 Å². The van der Waals surface area contributed by atoms with Crippen LogP contribution in [0.25, 0.3) is 0 Å². The zero-order valence-corrected chi connectivity index (χ0v) is 9.50. The lowest BCUT2D eigenvalue weighted by Crippen LogP contribution is -2.39. The van der Waals surface area contributed by atoms with E-state index in [9.17, 15) is 0 Å². The zero-order chi connectivity index (χ0) is 10.4. The van der Waals surface area contributed by atoms with Crippen LogP contribution >= 0.6 is 0 Å². The summed E-state index contributed by atoms with van der Waals surface area (Å²) in [5.74, 6) is 0.812. The van der Waals surface area contributed by atoms with E-state index >= 15 is 0 Å². The van der Waals surface area contributed by atoms with Crippen molar-refractivity contribution < 1.29 is 5.11 Å². The third kappa shape index (κ3) is 3.95. The fourth-order valence-electron chi connectivity index (χ4n) is 1.94. The Kier molecular flexibility index (Phi) is 5.45. The van der Waals surface area contributed by atoms with Crippen LogP contribution in [0, 0.1) is 5.92 Å². The summed E-state index contributed by atoms with van der Waals surface area (Å²) in [6.07, 6.45) is 3.61. The Bertz CT molecular complexity index is 140. The lowest BCUT2D eigenvalue weighted by Gasteiger charge is -2.30. The van der Waals surface area contributed by atoms with Crippen LogP contribution in [0.5, 0.6) is 0 Å². The van der Waals surface area contributed by atoms with Crippen LogP contribution in [0.4, 0.5) is 0 Å². The number of aliphatic hydroxyl groups is 1. The summed E-state index contributed by atoms with van der Waals surface area (Å²) < 4.78 is 0. The van der Waals surface area contributed by atoms with Crippen LogP contribution < -0.4 is 5.32 Å². The first kappa shape index (κ1) is 12.0. The topological polar surface area (TPSA) is 35.5 Å². The zero-order valence-electron chi connectivity index (χ0n) is 9.50. The number of nitrogens with zero attached hydrogens (tertiary/aromatic N) is 1. The largest absolute Gasteiger partial charge is 0.395 e. The minimum absolute atomic E-state index is 0.267. The number of piperidine rings is 1. The highest BCUT2D eigenvalue weighted by atomic mass is 16.3. The van der Waals surface area contributed by atoms with E-state index in [1.165, 1.54) is 25.9 Å². The maximum atomic E-state index is 9.03. The van der Waals surface area contributed by atoms with Gasteiger partial charge in [0.15, 0.2) is 0 Å². The van der Waals surface area contributed by atoms with Crippen molar-refractivity contribution in [3.05, 3.63) is 0 Å². The smallest absolute Gasteiger partial charge is 0.0584 e. The van der Waals surface area contributed by atoms with Crippen LogP contribution in [0.3, 0.4) is 0 Å². The van der Waals surface area contributed by atoms with Crippen LogP contribution in [0.2, 0.25) is 0 Å². The molecule has 1 aliphatic rings. The fraction of sp³-hybridized carbons (Fsp3) is 1.00. The molecule has 2 N–H and O–H groups in total. The summed E-state index contributed by atoms with van der Waals surface area (Å²) in [4.78, 5) is 2.39. The van der Waals surface area contributed by atoms with Gasteiger partial charge in [-0.05, 0) is 51.9 Å². The Morgan fingerprint density at radius 2 is 2.07 bits per heavy atom. The molecule has 1 aliphatic heterocycles. The third-order valence-corrected chi connectivity index (χ3v) is 3.25. The highest BCUT2D eigenvalue weighted by molar-refractivity contribution is 4.73. The van der Waals surface area contributed by atoms with Gasteiger partial charge < -0.3 is 15.3 Å². The molecule has 0 amide bonds. The molecule has 1 rings (SSSR count). The van der Waals surface area contributed by atoms with Crippen molar-refractivity contribution in [1.82, 2.24) is 10.2 Å². The average Bonchev–Trinajstić information content (AvgIpc) is 2.22. The molecule has 1 heterocycles. The molecule has 3 nitrogen and oxygen atoms in total. The van der Waals surface area contributed by atoms with E-state index in [2.05, 4.69) is 24.2 Å². The van der Waals surface area contributed by atoms with Gasteiger partial charge in [-0.15, -0.1) is 0 Å². The predicted molar refractivity (Wildman–Crippen MR) is 59.4 cm³/mol. The molecule has 0 aromatic heterocycles. The second-order valence-electron chi connectivity index (χ2n) is 4.44. The maximum absolute atomic E-state index is 9.03. The minimum atomic E-state index is 0.267. The molecule has 1 saturated heterocycles. The number of hydrogen-bond acceptors (Lipinski definition) is 3. The normalized spacial score (nSPS) is 22.5. The summed E-state index contributed by atoms with van der Waals surface area (Å²) >= 11 is 0. The van der Waals surface area contributed by atoms with Gasteiger partial charge in [-0.2, -0.15) is 0 Å². The molecular weight excluding hydrogens is 176 g/mol. The number of nitrogens with one attached hydrogen (secondary N) is 1. The molecule has 0 aliphatic carbocycles. The number of aliphatic hydroxyl groups excluding tert-OH is 1. The molecule has 1 fully saturated rings. The molecule has 0 aromatic carbocycles. The summed E-state index contributed by atoms with van der Waals surface area (Å²) in [6.45, 7) is 5.91. The van der Waals surface area contributed by atoms with Gasteiger partial charge in [0.05, 0.1) is 6.61 Å². The third-order valence-electron chi connectivity index (χ3n) is 3.25. The number of hydrogen-bond donors (Lipinski definition) is 2. The molecule has 0 unspecified atom stereocenters. The van der Waals surface area contributed by atoms with Gasteiger partial charge in [-0.25, -0.2) is 0 Å². The van der Waals surface area contributed by atoms with Gasteiger partial charge in [0.1, 0.15) is 0 Å². The molecule has 0 radical (unpaired) electrons. The molecule has 14 heavy (non-hydrogen) atoms. The van der Waals surface area contributed by atoms with E-state index in [4.69, 9.17) is 5.11 Å². The molecule has 0 saturated carbocycles. The highest BCUT2D eigenvalue weighted by Crippen LogP contribution is 2.14. The monoisotopic (exact) mass is 200 g/mol. The van der Waals surface area contributed by atoms with Gasteiger partial charge in [0.25, 0.3) is 0 Å². The lowest BCUT2D eigenvalue weighted by atomic mass is 9.97. The van der Waals surface area contributed by atoms with Gasteiger partial charge in [-0.1, -0.05) is 6.92 Å². The highest BCUT2D eigenvalue weighted by Gasteiger charge is 2.17. The number of rotatable bonds is 5. The Hall–Kier alpha value is -0.120. The van der Waals surface area contributed by atoms with E-state index in [1.807, 2.05) is 0 Å². The van der Waals surface area contributed by atoms with Gasteiger partial charge in [-0.3, -0.25) is 0 Å². The van der Waals surface area contributed by atoms with Crippen molar-refractivity contribution in [2.75, 3.05) is 33.3 Å². The first-order valence-corrected chi connectivity index (χ1v) is 5.79. The Morgan fingerprint density at radius 1 is 1.43 bits per heavy atom. The lowest BCUT2D eigenvalue weighted by molar-refractivity contribution is 0.195. The van der Waals surface area contributed by atoms with Crippen molar-refractivity contribution in [3.8, 4) is 0 Å². The summed E-state index contributed by atoms with van der Waals surface area (Å²) in [5.41, 5.74) is 0.